The van der Waals surface area contributed by atoms with E-state index in [1.807, 2.05) is 24.3 Å². The van der Waals surface area contributed by atoms with Crippen LogP contribution < -0.4 is 4.74 Å². The van der Waals surface area contributed by atoms with Crippen LogP contribution in [0.2, 0.25) is 0 Å². The summed E-state index contributed by atoms with van der Waals surface area (Å²) in [6.07, 6.45) is 0. The van der Waals surface area contributed by atoms with Crippen LogP contribution in [0.1, 0.15) is 19.5 Å². The molecule has 3 nitrogen and oxygen atoms in total. The molecular formula is C12H15NO2. The highest BCUT2D eigenvalue weighted by molar-refractivity contribution is 5.82. The Morgan fingerprint density at radius 3 is 2.60 bits per heavy atom. The summed E-state index contributed by atoms with van der Waals surface area (Å²) < 4.78 is 5.14. The lowest BCUT2D eigenvalue weighted by Crippen LogP contribution is -2.15. The maximum absolute atomic E-state index is 9.85. The summed E-state index contributed by atoms with van der Waals surface area (Å²) >= 11 is 0. The quantitative estimate of drug-likeness (QED) is 0.790. The van der Waals surface area contributed by atoms with E-state index in [0.29, 0.717) is 0 Å². The van der Waals surface area contributed by atoms with Crippen molar-refractivity contribution in [1.29, 1.82) is 0 Å². The largest absolute Gasteiger partial charge is 0.497 e. The van der Waals surface area contributed by atoms with Gasteiger partial charge in [0.25, 0.3) is 0 Å². The van der Waals surface area contributed by atoms with E-state index in [2.05, 4.69) is 4.98 Å². The van der Waals surface area contributed by atoms with Crippen molar-refractivity contribution in [2.24, 2.45) is 0 Å². The van der Waals surface area contributed by atoms with E-state index in [1.54, 1.807) is 21.0 Å². The highest BCUT2D eigenvalue weighted by Crippen LogP contribution is 2.26. The van der Waals surface area contributed by atoms with Crippen LogP contribution >= 0.6 is 0 Å². The molecule has 0 aliphatic heterocycles. The maximum Gasteiger partial charge on any atom is 0.119 e. The molecule has 0 atom stereocenters. The van der Waals surface area contributed by atoms with Crippen molar-refractivity contribution in [2.45, 2.75) is 19.4 Å². The Hall–Kier alpha value is -1.48. The molecule has 0 unspecified atom stereocenters. The van der Waals surface area contributed by atoms with Gasteiger partial charge in [0.2, 0.25) is 0 Å². The van der Waals surface area contributed by atoms with E-state index >= 15 is 0 Å². The first kappa shape index (κ1) is 10.1. The van der Waals surface area contributed by atoms with Crippen molar-refractivity contribution in [2.75, 3.05) is 7.11 Å². The number of ether oxygens (including phenoxy) is 1. The predicted molar refractivity (Wildman–Crippen MR) is 60.1 cm³/mol. The van der Waals surface area contributed by atoms with E-state index in [1.165, 1.54) is 0 Å². The molecule has 0 fully saturated rings. The fourth-order valence-electron chi connectivity index (χ4n) is 1.57. The van der Waals surface area contributed by atoms with Gasteiger partial charge in [-0.2, -0.15) is 0 Å². The zero-order valence-corrected chi connectivity index (χ0v) is 9.16. The molecule has 1 aromatic heterocycles. The summed E-state index contributed by atoms with van der Waals surface area (Å²) in [5.41, 5.74) is 0.977. The Labute approximate surface area is 88.7 Å². The summed E-state index contributed by atoms with van der Waals surface area (Å²) in [5, 5.41) is 10.9. The molecule has 2 aromatic rings. The number of hydrogen-bond donors (Lipinski definition) is 2. The highest BCUT2D eigenvalue weighted by atomic mass is 16.5. The molecule has 15 heavy (non-hydrogen) atoms. The van der Waals surface area contributed by atoms with Crippen molar-refractivity contribution in [3.05, 3.63) is 30.0 Å². The van der Waals surface area contributed by atoms with Gasteiger partial charge in [-0.1, -0.05) is 0 Å². The van der Waals surface area contributed by atoms with Crippen molar-refractivity contribution in [1.82, 2.24) is 4.98 Å². The zero-order chi connectivity index (χ0) is 11.1. The molecule has 0 spiro atoms. The number of methoxy groups -OCH3 is 1. The average Bonchev–Trinajstić information content (AvgIpc) is 2.59. The summed E-state index contributed by atoms with van der Waals surface area (Å²) in [6, 6.07) is 7.73. The average molecular weight is 205 g/mol. The van der Waals surface area contributed by atoms with Gasteiger partial charge >= 0.3 is 0 Å². The van der Waals surface area contributed by atoms with Gasteiger partial charge in [-0.15, -0.1) is 0 Å². The van der Waals surface area contributed by atoms with Crippen LogP contribution in [0, 0.1) is 0 Å². The minimum Gasteiger partial charge on any atom is -0.497 e. The smallest absolute Gasteiger partial charge is 0.119 e. The van der Waals surface area contributed by atoms with Crippen LogP contribution in [0.15, 0.2) is 24.3 Å². The van der Waals surface area contributed by atoms with Crippen molar-refractivity contribution in [3.8, 4) is 5.75 Å². The molecule has 0 radical (unpaired) electrons. The van der Waals surface area contributed by atoms with Gasteiger partial charge in [-0.25, -0.2) is 0 Å². The lowest BCUT2D eigenvalue weighted by Gasteiger charge is -2.14. The van der Waals surface area contributed by atoms with Gasteiger partial charge in [-0.05, 0) is 38.1 Å². The summed E-state index contributed by atoms with van der Waals surface area (Å²) in [4.78, 5) is 3.18. The molecular weight excluding hydrogens is 190 g/mol. The summed E-state index contributed by atoms with van der Waals surface area (Å²) in [6.45, 7) is 3.52. The number of benzene rings is 1. The number of hydrogen-bond acceptors (Lipinski definition) is 2. The molecule has 0 aliphatic carbocycles. The molecule has 0 aliphatic rings. The number of fused-ring (bicyclic) bond motifs is 1. The van der Waals surface area contributed by atoms with Gasteiger partial charge in [0, 0.05) is 16.6 Å². The first-order valence-electron chi connectivity index (χ1n) is 4.90. The minimum atomic E-state index is -0.841. The number of aliphatic hydroxyl groups is 1. The Morgan fingerprint density at radius 2 is 2.00 bits per heavy atom. The van der Waals surface area contributed by atoms with E-state index in [0.717, 1.165) is 22.3 Å². The van der Waals surface area contributed by atoms with Crippen LogP contribution in [0.5, 0.6) is 5.75 Å². The Morgan fingerprint density at radius 1 is 1.27 bits per heavy atom. The van der Waals surface area contributed by atoms with Crippen molar-refractivity contribution >= 4 is 10.9 Å². The fraction of sp³-hybridized carbons (Fsp3) is 0.333. The molecule has 0 amide bonds. The first-order valence-corrected chi connectivity index (χ1v) is 4.90. The van der Waals surface area contributed by atoms with Gasteiger partial charge in [0.05, 0.1) is 12.7 Å². The summed E-state index contributed by atoms with van der Waals surface area (Å²) in [5.74, 6) is 0.823. The summed E-state index contributed by atoms with van der Waals surface area (Å²) in [7, 11) is 1.64. The lowest BCUT2D eigenvalue weighted by atomic mass is 10.1. The Kier molecular flexibility index (Phi) is 2.20. The predicted octanol–water partition coefficient (Wildman–Crippen LogP) is 2.40. The SMILES string of the molecule is COc1ccc2[nH]c(C(C)(C)O)cc2c1. The second-order valence-corrected chi connectivity index (χ2v) is 4.20. The van der Waals surface area contributed by atoms with E-state index < -0.39 is 5.60 Å². The lowest BCUT2D eigenvalue weighted by molar-refractivity contribution is 0.0747. The van der Waals surface area contributed by atoms with Crippen LogP contribution in [-0.4, -0.2) is 17.2 Å². The van der Waals surface area contributed by atoms with Crippen LogP contribution in [-0.2, 0) is 5.60 Å². The maximum atomic E-state index is 9.85. The topological polar surface area (TPSA) is 45.2 Å². The third-order valence-electron chi connectivity index (χ3n) is 2.49. The molecule has 0 saturated heterocycles. The van der Waals surface area contributed by atoms with Crippen LogP contribution in [0.4, 0.5) is 0 Å². The standard InChI is InChI=1S/C12H15NO2/c1-12(2,14)11-7-8-6-9(15-3)4-5-10(8)13-11/h4-7,13-14H,1-3H3. The van der Waals surface area contributed by atoms with Crippen molar-refractivity contribution < 1.29 is 9.84 Å². The fourth-order valence-corrected chi connectivity index (χ4v) is 1.57. The molecule has 3 heteroatoms. The zero-order valence-electron chi connectivity index (χ0n) is 9.16. The minimum absolute atomic E-state index is 0.811. The van der Waals surface area contributed by atoms with Gasteiger partial charge in [0.15, 0.2) is 0 Å². The van der Waals surface area contributed by atoms with Crippen LogP contribution in [0.3, 0.4) is 0 Å². The number of aromatic amines is 1. The third kappa shape index (κ3) is 1.83. The second kappa shape index (κ2) is 3.28. The molecule has 0 saturated carbocycles. The van der Waals surface area contributed by atoms with Crippen molar-refractivity contribution in [3.63, 3.8) is 0 Å². The monoisotopic (exact) mass is 205 g/mol. The first-order chi connectivity index (χ1) is 7.00. The van der Waals surface area contributed by atoms with E-state index in [-0.39, 0.29) is 0 Å². The number of H-pyrrole nitrogens is 1. The van der Waals surface area contributed by atoms with E-state index in [4.69, 9.17) is 4.74 Å². The number of nitrogens with one attached hydrogen (secondary N) is 1. The molecule has 80 valence electrons. The Balaban J connectivity index is 2.56. The number of aromatic nitrogens is 1. The van der Waals surface area contributed by atoms with E-state index in [9.17, 15) is 5.11 Å². The number of rotatable bonds is 2. The Bertz CT molecular complexity index is 480. The molecule has 0 bridgehead atoms. The molecule has 2 N–H and O–H groups in total. The molecule has 1 aromatic carbocycles. The molecule has 2 rings (SSSR count). The normalized spacial score (nSPS) is 12.0. The third-order valence-corrected chi connectivity index (χ3v) is 2.49. The van der Waals surface area contributed by atoms with Gasteiger partial charge in [0.1, 0.15) is 5.75 Å². The van der Waals surface area contributed by atoms with Gasteiger partial charge < -0.3 is 14.8 Å². The second-order valence-electron chi connectivity index (χ2n) is 4.20. The van der Waals surface area contributed by atoms with Gasteiger partial charge in [-0.3, -0.25) is 0 Å². The van der Waals surface area contributed by atoms with Crippen LogP contribution in [0.25, 0.3) is 10.9 Å². The molecule has 1 heterocycles. The highest BCUT2D eigenvalue weighted by Gasteiger charge is 2.18.